The highest BCUT2D eigenvalue weighted by Crippen LogP contribution is 2.27. The third-order valence-electron chi connectivity index (χ3n) is 2.89. The summed E-state index contributed by atoms with van der Waals surface area (Å²) >= 11 is 6.01. The number of carbonyl (C=O) groups is 1. The number of carbonyl (C=O) groups excluding carboxylic acids is 1. The number of nitrogens with zero attached hydrogens (tertiary/aromatic N) is 1. The van der Waals surface area contributed by atoms with Gasteiger partial charge in [0.05, 0.1) is 17.8 Å². The molecule has 0 aromatic heterocycles. The SMILES string of the molecule is COc1ccc(NN=C2C[C@@H](C)CNC2=O)cc1Cl. The van der Waals surface area contributed by atoms with Crippen LogP contribution in [0.1, 0.15) is 13.3 Å². The van der Waals surface area contributed by atoms with Crippen LogP contribution in [0.4, 0.5) is 5.69 Å². The molecule has 102 valence electrons. The molecule has 1 aliphatic heterocycles. The third-order valence-corrected chi connectivity index (χ3v) is 3.18. The van der Waals surface area contributed by atoms with Crippen molar-refractivity contribution >= 4 is 28.9 Å². The van der Waals surface area contributed by atoms with Crippen molar-refractivity contribution < 1.29 is 9.53 Å². The lowest BCUT2D eigenvalue weighted by Crippen LogP contribution is -2.41. The Kier molecular flexibility index (Phi) is 4.27. The number of anilines is 1. The van der Waals surface area contributed by atoms with Crippen molar-refractivity contribution in [2.75, 3.05) is 19.1 Å². The molecule has 0 aliphatic carbocycles. The summed E-state index contributed by atoms with van der Waals surface area (Å²) in [7, 11) is 1.56. The summed E-state index contributed by atoms with van der Waals surface area (Å²) in [5.74, 6) is 0.881. The minimum Gasteiger partial charge on any atom is -0.495 e. The van der Waals surface area contributed by atoms with Crippen molar-refractivity contribution in [1.82, 2.24) is 5.32 Å². The fraction of sp³-hybridized carbons (Fsp3) is 0.385. The zero-order valence-corrected chi connectivity index (χ0v) is 11.6. The number of hydrogen-bond acceptors (Lipinski definition) is 4. The Bertz CT molecular complexity index is 517. The summed E-state index contributed by atoms with van der Waals surface area (Å²) in [5.41, 5.74) is 4.06. The first-order valence-corrected chi connectivity index (χ1v) is 6.42. The highest BCUT2D eigenvalue weighted by atomic mass is 35.5. The molecular formula is C13H16ClN3O2. The first-order valence-electron chi connectivity index (χ1n) is 6.04. The van der Waals surface area contributed by atoms with E-state index in [0.717, 1.165) is 0 Å². The van der Waals surface area contributed by atoms with Gasteiger partial charge in [0.15, 0.2) is 0 Å². The van der Waals surface area contributed by atoms with E-state index in [2.05, 4.69) is 22.8 Å². The van der Waals surface area contributed by atoms with Crippen molar-refractivity contribution in [2.45, 2.75) is 13.3 Å². The highest BCUT2D eigenvalue weighted by Gasteiger charge is 2.21. The molecule has 1 aliphatic rings. The van der Waals surface area contributed by atoms with Gasteiger partial charge in [0.1, 0.15) is 11.5 Å². The second kappa shape index (κ2) is 5.93. The van der Waals surface area contributed by atoms with Crippen molar-refractivity contribution in [3.05, 3.63) is 23.2 Å². The summed E-state index contributed by atoms with van der Waals surface area (Å²) in [6.07, 6.45) is 0.669. The lowest BCUT2D eigenvalue weighted by atomic mass is 10.00. The Morgan fingerprint density at radius 2 is 2.32 bits per heavy atom. The Labute approximate surface area is 117 Å². The van der Waals surface area contributed by atoms with Crippen LogP contribution >= 0.6 is 11.6 Å². The number of ether oxygens (including phenoxy) is 1. The maximum absolute atomic E-state index is 11.6. The molecule has 1 amide bonds. The van der Waals surface area contributed by atoms with Crippen LogP contribution in [0.25, 0.3) is 0 Å². The smallest absolute Gasteiger partial charge is 0.267 e. The number of amides is 1. The van der Waals surface area contributed by atoms with E-state index in [4.69, 9.17) is 16.3 Å². The Morgan fingerprint density at radius 1 is 1.53 bits per heavy atom. The lowest BCUT2D eigenvalue weighted by molar-refractivity contribution is -0.115. The van der Waals surface area contributed by atoms with Crippen LogP contribution in [0.3, 0.4) is 0 Å². The summed E-state index contributed by atoms with van der Waals surface area (Å²) < 4.78 is 5.07. The predicted molar refractivity (Wildman–Crippen MR) is 75.9 cm³/mol. The molecule has 1 atom stereocenters. The number of rotatable bonds is 3. The van der Waals surface area contributed by atoms with E-state index < -0.39 is 0 Å². The summed E-state index contributed by atoms with van der Waals surface area (Å²) in [6, 6.07) is 5.24. The maximum atomic E-state index is 11.6. The fourth-order valence-corrected chi connectivity index (χ4v) is 2.09. The van der Waals surface area contributed by atoms with Gasteiger partial charge in [-0.25, -0.2) is 0 Å². The standard InChI is InChI=1S/C13H16ClN3O2/c1-8-5-11(13(18)15-7-8)17-16-9-3-4-12(19-2)10(14)6-9/h3-4,6,8,16H,5,7H2,1-2H3,(H,15,18)/t8-/m1/s1. The van der Waals surface area contributed by atoms with Crippen LogP contribution in [0.2, 0.25) is 5.02 Å². The molecule has 5 nitrogen and oxygen atoms in total. The third kappa shape index (κ3) is 3.38. The van der Waals surface area contributed by atoms with E-state index in [1.54, 1.807) is 25.3 Å². The van der Waals surface area contributed by atoms with Gasteiger partial charge >= 0.3 is 0 Å². The number of hydrazone groups is 1. The van der Waals surface area contributed by atoms with Crippen LogP contribution in [0, 0.1) is 5.92 Å². The van der Waals surface area contributed by atoms with Crippen LogP contribution in [-0.2, 0) is 4.79 Å². The summed E-state index contributed by atoms with van der Waals surface area (Å²) in [4.78, 5) is 11.6. The van der Waals surface area contributed by atoms with Crippen molar-refractivity contribution in [3.63, 3.8) is 0 Å². The molecule has 1 heterocycles. The normalized spacial score (nSPS) is 21.1. The molecule has 6 heteroatoms. The molecule has 1 aromatic carbocycles. The van der Waals surface area contributed by atoms with Gasteiger partial charge in [0, 0.05) is 13.0 Å². The molecule has 0 spiro atoms. The predicted octanol–water partition coefficient (Wildman–Crippen LogP) is 2.27. The van der Waals surface area contributed by atoms with Crippen molar-refractivity contribution in [1.29, 1.82) is 0 Å². The van der Waals surface area contributed by atoms with Gasteiger partial charge in [-0.3, -0.25) is 10.2 Å². The van der Waals surface area contributed by atoms with E-state index in [-0.39, 0.29) is 5.91 Å². The Balaban J connectivity index is 2.08. The van der Waals surface area contributed by atoms with Crippen molar-refractivity contribution in [2.24, 2.45) is 11.0 Å². The second-order valence-electron chi connectivity index (χ2n) is 4.54. The van der Waals surface area contributed by atoms with E-state index in [9.17, 15) is 4.79 Å². The minimum absolute atomic E-state index is 0.120. The molecule has 0 saturated carbocycles. The highest BCUT2D eigenvalue weighted by molar-refractivity contribution is 6.39. The lowest BCUT2D eigenvalue weighted by Gasteiger charge is -2.19. The van der Waals surface area contributed by atoms with Gasteiger partial charge in [-0.15, -0.1) is 0 Å². The number of piperidine rings is 1. The van der Waals surface area contributed by atoms with Gasteiger partial charge < -0.3 is 10.1 Å². The largest absolute Gasteiger partial charge is 0.495 e. The number of halogens is 1. The molecule has 19 heavy (non-hydrogen) atoms. The van der Waals surface area contributed by atoms with Crippen LogP contribution < -0.4 is 15.5 Å². The molecule has 1 aromatic rings. The zero-order valence-electron chi connectivity index (χ0n) is 10.9. The number of nitrogens with one attached hydrogen (secondary N) is 2. The van der Waals surface area contributed by atoms with E-state index >= 15 is 0 Å². The molecule has 2 rings (SSSR count). The molecular weight excluding hydrogens is 266 g/mol. The molecule has 0 radical (unpaired) electrons. The summed E-state index contributed by atoms with van der Waals surface area (Å²) in [5, 5.41) is 7.42. The molecule has 0 bridgehead atoms. The van der Waals surface area contributed by atoms with Crippen LogP contribution in [0.15, 0.2) is 23.3 Å². The van der Waals surface area contributed by atoms with E-state index in [1.165, 1.54) is 0 Å². The molecule has 2 N–H and O–H groups in total. The topological polar surface area (TPSA) is 62.7 Å². The first-order chi connectivity index (χ1) is 9.10. The first kappa shape index (κ1) is 13.7. The van der Waals surface area contributed by atoms with Crippen molar-refractivity contribution in [3.8, 4) is 5.75 Å². The second-order valence-corrected chi connectivity index (χ2v) is 4.95. The number of methoxy groups -OCH3 is 1. The quantitative estimate of drug-likeness (QED) is 0.836. The number of hydrogen-bond donors (Lipinski definition) is 2. The van der Waals surface area contributed by atoms with Gasteiger partial charge in [-0.05, 0) is 24.1 Å². The molecule has 0 unspecified atom stereocenters. The van der Waals surface area contributed by atoms with Gasteiger partial charge in [-0.2, -0.15) is 5.10 Å². The Morgan fingerprint density at radius 3 is 3.00 bits per heavy atom. The fourth-order valence-electron chi connectivity index (χ4n) is 1.83. The monoisotopic (exact) mass is 281 g/mol. The van der Waals surface area contributed by atoms with Crippen LogP contribution in [0.5, 0.6) is 5.75 Å². The molecule has 1 saturated heterocycles. The zero-order chi connectivity index (χ0) is 13.8. The van der Waals surface area contributed by atoms with Gasteiger partial charge in [0.25, 0.3) is 5.91 Å². The van der Waals surface area contributed by atoms with E-state index in [1.807, 2.05) is 0 Å². The Hall–Kier alpha value is -1.75. The van der Waals surface area contributed by atoms with Gasteiger partial charge in [0.2, 0.25) is 0 Å². The molecule has 1 fully saturated rings. The number of benzene rings is 1. The minimum atomic E-state index is -0.120. The maximum Gasteiger partial charge on any atom is 0.267 e. The van der Waals surface area contributed by atoms with Crippen LogP contribution in [-0.4, -0.2) is 25.3 Å². The average molecular weight is 282 g/mol. The van der Waals surface area contributed by atoms with E-state index in [0.29, 0.717) is 41.1 Å². The van der Waals surface area contributed by atoms with Gasteiger partial charge in [-0.1, -0.05) is 18.5 Å². The summed E-state index contributed by atoms with van der Waals surface area (Å²) in [6.45, 7) is 2.77. The average Bonchev–Trinajstić information content (AvgIpc) is 2.40.